The number of hydroxylamine groups is 1. The Bertz CT molecular complexity index is 999. The summed E-state index contributed by atoms with van der Waals surface area (Å²) in [5.41, 5.74) is 7.82. The molecule has 0 aliphatic carbocycles. The van der Waals surface area contributed by atoms with Crippen LogP contribution in [-0.2, 0) is 24.4 Å². The summed E-state index contributed by atoms with van der Waals surface area (Å²) in [6.07, 6.45) is 2.13. The van der Waals surface area contributed by atoms with Gasteiger partial charge in [-0.05, 0) is 68.7 Å². The number of anilines is 1. The highest BCUT2D eigenvalue weighted by atomic mass is 32.2. The summed E-state index contributed by atoms with van der Waals surface area (Å²) in [6, 6.07) is 5.14. The van der Waals surface area contributed by atoms with Gasteiger partial charge in [-0.15, -0.1) is 0 Å². The van der Waals surface area contributed by atoms with Crippen molar-refractivity contribution in [2.75, 3.05) is 25.9 Å². The van der Waals surface area contributed by atoms with Gasteiger partial charge < -0.3 is 16.4 Å². The highest BCUT2D eigenvalue weighted by Crippen LogP contribution is 2.27. The molecule has 202 valence electrons. The first-order valence-corrected chi connectivity index (χ1v) is 13.8. The molecule has 2 rings (SSSR count). The van der Waals surface area contributed by atoms with Crippen LogP contribution in [0.15, 0.2) is 29.2 Å². The quantitative estimate of drug-likeness (QED) is 0.211. The van der Waals surface area contributed by atoms with E-state index in [1.165, 1.54) is 35.6 Å². The second-order valence-electron chi connectivity index (χ2n) is 9.61. The van der Waals surface area contributed by atoms with Crippen LogP contribution in [-0.4, -0.2) is 61.8 Å². The van der Waals surface area contributed by atoms with Crippen molar-refractivity contribution in [2.24, 2.45) is 17.8 Å². The number of hydrogen-bond acceptors (Lipinski definition) is 7. The monoisotopic (exact) mass is 525 g/mol. The van der Waals surface area contributed by atoms with Gasteiger partial charge in [-0.1, -0.05) is 13.8 Å². The van der Waals surface area contributed by atoms with Gasteiger partial charge in [-0.25, -0.2) is 13.9 Å². The Morgan fingerprint density at radius 3 is 2.33 bits per heavy atom. The lowest BCUT2D eigenvalue weighted by molar-refractivity contribution is -0.142. The van der Waals surface area contributed by atoms with Gasteiger partial charge >= 0.3 is 0 Å². The van der Waals surface area contributed by atoms with Crippen LogP contribution < -0.4 is 21.8 Å². The molecule has 3 atom stereocenters. The molecule has 1 aliphatic heterocycles. The first-order chi connectivity index (χ1) is 17.0. The predicted molar refractivity (Wildman–Crippen MR) is 135 cm³/mol. The van der Waals surface area contributed by atoms with Crippen LogP contribution in [0.4, 0.5) is 5.69 Å². The van der Waals surface area contributed by atoms with Crippen LogP contribution in [0.1, 0.15) is 52.4 Å². The van der Waals surface area contributed by atoms with E-state index in [4.69, 9.17) is 5.73 Å². The number of nitrogens with zero attached hydrogens (tertiary/aromatic N) is 1. The van der Waals surface area contributed by atoms with E-state index < -0.39 is 39.7 Å². The number of carbonyl (C=O) groups is 3. The van der Waals surface area contributed by atoms with Crippen LogP contribution in [0.3, 0.4) is 0 Å². The Hall–Kier alpha value is -2.70. The molecule has 1 aromatic rings. The van der Waals surface area contributed by atoms with Crippen LogP contribution in [0.25, 0.3) is 0 Å². The number of benzene rings is 1. The van der Waals surface area contributed by atoms with Crippen LogP contribution >= 0.6 is 0 Å². The lowest BCUT2D eigenvalue weighted by Crippen LogP contribution is -2.50. The minimum absolute atomic E-state index is 0.0614. The zero-order valence-corrected chi connectivity index (χ0v) is 22.0. The second kappa shape index (κ2) is 13.6. The fourth-order valence-corrected chi connectivity index (χ4v) is 6.06. The van der Waals surface area contributed by atoms with Gasteiger partial charge in [-0.2, -0.15) is 4.31 Å². The van der Waals surface area contributed by atoms with E-state index in [1.54, 1.807) is 5.48 Å². The number of nitrogens with two attached hydrogens (primary N) is 1. The fourth-order valence-electron chi connectivity index (χ4n) is 4.55. The summed E-state index contributed by atoms with van der Waals surface area (Å²) in [6.45, 7) is 4.18. The number of carbonyl (C=O) groups excluding carboxylic acids is 3. The van der Waals surface area contributed by atoms with Crippen molar-refractivity contribution in [3.8, 4) is 0 Å². The van der Waals surface area contributed by atoms with Crippen molar-refractivity contribution in [3.05, 3.63) is 24.3 Å². The van der Waals surface area contributed by atoms with E-state index in [0.717, 1.165) is 0 Å². The molecule has 0 radical (unpaired) electrons. The number of nitrogens with one attached hydrogen (secondary N) is 3. The Morgan fingerprint density at radius 2 is 1.75 bits per heavy atom. The predicted octanol–water partition coefficient (Wildman–Crippen LogP) is 1.24. The molecule has 12 heteroatoms. The normalized spacial score (nSPS) is 23.0. The van der Waals surface area contributed by atoms with Gasteiger partial charge in [0, 0.05) is 31.7 Å². The van der Waals surface area contributed by atoms with Crippen molar-refractivity contribution < 1.29 is 28.0 Å². The summed E-state index contributed by atoms with van der Waals surface area (Å²) < 4.78 is 28.1. The maximum absolute atomic E-state index is 13.4. The first kappa shape index (κ1) is 29.5. The molecule has 0 bridgehead atoms. The molecule has 0 spiro atoms. The van der Waals surface area contributed by atoms with E-state index >= 15 is 0 Å². The fraction of sp³-hybridized carbons (Fsp3) is 0.625. The van der Waals surface area contributed by atoms with Gasteiger partial charge in [-0.3, -0.25) is 19.6 Å². The first-order valence-electron chi connectivity index (χ1n) is 12.3. The van der Waals surface area contributed by atoms with Gasteiger partial charge in [0.05, 0.1) is 10.8 Å². The minimum Gasteiger partial charge on any atom is -0.399 e. The average molecular weight is 526 g/mol. The maximum Gasteiger partial charge on any atom is 0.247 e. The topological polar surface area (TPSA) is 171 Å². The van der Waals surface area contributed by atoms with Crippen molar-refractivity contribution >= 4 is 33.4 Å². The average Bonchev–Trinajstić information content (AvgIpc) is 2.85. The summed E-state index contributed by atoms with van der Waals surface area (Å²) in [4.78, 5) is 38.5. The van der Waals surface area contributed by atoms with E-state index in [2.05, 4.69) is 10.6 Å². The SMILES string of the molecule is CNC(=O)[C@@H]1CCCCN(S(=O)(=O)c2ccc(N)cc2)CCC[C@H](C(=O)NO)[C@@H](CC(C)C)C(=O)N1. The third-order valence-corrected chi connectivity index (χ3v) is 8.38. The van der Waals surface area contributed by atoms with Crippen LogP contribution in [0.5, 0.6) is 0 Å². The lowest BCUT2D eigenvalue weighted by Gasteiger charge is -2.28. The highest BCUT2D eigenvalue weighted by Gasteiger charge is 2.36. The minimum atomic E-state index is -3.83. The molecule has 3 amide bonds. The summed E-state index contributed by atoms with van der Waals surface area (Å²) in [5.74, 6) is -3.15. The molecule has 1 heterocycles. The summed E-state index contributed by atoms with van der Waals surface area (Å²) in [5, 5.41) is 14.7. The maximum atomic E-state index is 13.4. The third-order valence-electron chi connectivity index (χ3n) is 6.46. The molecule has 36 heavy (non-hydrogen) atoms. The summed E-state index contributed by atoms with van der Waals surface area (Å²) in [7, 11) is -2.36. The molecule has 1 fully saturated rings. The number of nitrogen functional groups attached to an aromatic ring is 1. The third kappa shape index (κ3) is 7.90. The Balaban J connectivity index is 2.41. The molecular weight excluding hydrogens is 486 g/mol. The number of hydrogen-bond donors (Lipinski definition) is 5. The van der Waals surface area contributed by atoms with Crippen molar-refractivity contribution in [3.63, 3.8) is 0 Å². The molecule has 6 N–H and O–H groups in total. The molecule has 0 unspecified atom stereocenters. The Morgan fingerprint density at radius 1 is 1.11 bits per heavy atom. The van der Waals surface area contributed by atoms with Crippen LogP contribution in [0.2, 0.25) is 0 Å². The smallest absolute Gasteiger partial charge is 0.247 e. The van der Waals surface area contributed by atoms with Gasteiger partial charge in [0.1, 0.15) is 6.04 Å². The molecule has 0 saturated carbocycles. The largest absolute Gasteiger partial charge is 0.399 e. The number of sulfonamides is 1. The number of amides is 3. The molecular formula is C24H39N5O6S. The molecule has 11 nitrogen and oxygen atoms in total. The highest BCUT2D eigenvalue weighted by molar-refractivity contribution is 7.89. The molecule has 1 aromatic carbocycles. The summed E-state index contributed by atoms with van der Waals surface area (Å²) >= 11 is 0. The van der Waals surface area contributed by atoms with Gasteiger partial charge in [0.25, 0.3) is 0 Å². The second-order valence-corrected chi connectivity index (χ2v) is 11.5. The van der Waals surface area contributed by atoms with Crippen molar-refractivity contribution in [1.82, 2.24) is 20.4 Å². The Labute approximate surface area is 213 Å². The zero-order chi connectivity index (χ0) is 26.9. The standard InChI is InChI=1S/C24H39N5O6S/c1-16(2)15-20-19(23(31)28-33)7-6-14-29(36(34,35)18-11-9-17(25)10-12-18)13-5-4-8-21(24(32)26-3)27-22(20)30/h9-12,16,19-21,33H,4-8,13-15,25H2,1-3H3,(H,26,32)(H,27,30)(H,28,31)/t19-,20+,21-/m0/s1. The van der Waals surface area contributed by atoms with E-state index in [1.807, 2.05) is 13.8 Å². The van der Waals surface area contributed by atoms with Gasteiger partial charge in [0.15, 0.2) is 0 Å². The van der Waals surface area contributed by atoms with Crippen LogP contribution in [0, 0.1) is 17.8 Å². The van der Waals surface area contributed by atoms with E-state index in [0.29, 0.717) is 37.8 Å². The number of rotatable bonds is 6. The van der Waals surface area contributed by atoms with Crippen molar-refractivity contribution in [1.29, 1.82) is 0 Å². The van der Waals surface area contributed by atoms with Gasteiger partial charge in [0.2, 0.25) is 27.7 Å². The van der Waals surface area contributed by atoms with Crippen molar-refractivity contribution in [2.45, 2.75) is 63.3 Å². The molecule has 1 saturated heterocycles. The number of likely N-dealkylation sites (N-methyl/N-ethyl adjacent to an activating group) is 1. The van der Waals surface area contributed by atoms with E-state index in [-0.39, 0.29) is 36.2 Å². The Kier molecular flexibility index (Phi) is 11.1. The molecule has 1 aliphatic rings. The van der Waals surface area contributed by atoms with E-state index in [9.17, 15) is 28.0 Å². The molecule has 0 aromatic heterocycles. The zero-order valence-electron chi connectivity index (χ0n) is 21.2. The lowest BCUT2D eigenvalue weighted by atomic mass is 9.81.